The Hall–Kier alpha value is -1.89. The average Bonchev–Trinajstić information content (AvgIpc) is 2.79. The maximum Gasteiger partial charge on any atom is 0.244 e. The van der Waals surface area contributed by atoms with E-state index in [1.54, 1.807) is 0 Å². The summed E-state index contributed by atoms with van der Waals surface area (Å²) in [6.07, 6.45) is 1.04. The molecule has 3 aromatic carbocycles. The molecule has 1 N–H and O–H groups in total. The fourth-order valence-corrected chi connectivity index (χ4v) is 6.58. The van der Waals surface area contributed by atoms with Crippen molar-refractivity contribution >= 4 is 33.2 Å². The maximum atomic E-state index is 13.2. The van der Waals surface area contributed by atoms with Crippen LogP contribution in [0.25, 0.3) is 0 Å². The van der Waals surface area contributed by atoms with Gasteiger partial charge < -0.3 is 5.11 Å². The van der Waals surface area contributed by atoms with Gasteiger partial charge >= 0.3 is 0 Å². The molecule has 162 valence electrons. The van der Waals surface area contributed by atoms with E-state index in [9.17, 15) is 13.5 Å². The molecule has 1 saturated heterocycles. The molecule has 0 amide bonds. The summed E-state index contributed by atoms with van der Waals surface area (Å²) in [5, 5.41) is 12.5. The Morgan fingerprint density at radius 3 is 1.84 bits per heavy atom. The van der Waals surface area contributed by atoms with Gasteiger partial charge in [-0.2, -0.15) is 4.31 Å². The SMILES string of the molecule is O=S(=O)(c1ccc(Cl)cc1Cl)N1CCC(C(O)(c2ccccc2)c2ccccc2)CC1. The zero-order valence-electron chi connectivity index (χ0n) is 16.8. The van der Waals surface area contributed by atoms with Gasteiger partial charge in [0.1, 0.15) is 10.5 Å². The van der Waals surface area contributed by atoms with E-state index >= 15 is 0 Å². The van der Waals surface area contributed by atoms with Crippen LogP contribution in [0.1, 0.15) is 24.0 Å². The van der Waals surface area contributed by atoms with E-state index in [-0.39, 0.29) is 15.8 Å². The van der Waals surface area contributed by atoms with E-state index in [1.165, 1.54) is 22.5 Å². The van der Waals surface area contributed by atoms with E-state index in [2.05, 4.69) is 0 Å². The quantitative estimate of drug-likeness (QED) is 0.542. The molecule has 0 spiro atoms. The standard InChI is InChI=1S/C24H23Cl2NO3S/c25-21-11-12-23(22(26)17-21)31(29,30)27-15-13-20(14-16-27)24(28,18-7-3-1-4-8-18)19-9-5-2-6-10-19/h1-12,17,20,28H,13-16H2. The van der Waals surface area contributed by atoms with Crippen LogP contribution >= 0.6 is 23.2 Å². The van der Waals surface area contributed by atoms with E-state index in [0.717, 1.165) is 11.1 Å². The third-order valence-corrected chi connectivity index (χ3v) is 8.60. The Morgan fingerprint density at radius 1 is 0.839 bits per heavy atom. The molecule has 0 unspecified atom stereocenters. The van der Waals surface area contributed by atoms with E-state index in [0.29, 0.717) is 31.0 Å². The predicted molar refractivity (Wildman–Crippen MR) is 124 cm³/mol. The Labute approximate surface area is 193 Å². The molecule has 0 saturated carbocycles. The summed E-state index contributed by atoms with van der Waals surface area (Å²) in [5.41, 5.74) is 0.419. The van der Waals surface area contributed by atoms with Crippen LogP contribution in [-0.2, 0) is 15.6 Å². The number of piperidine rings is 1. The molecule has 0 aromatic heterocycles. The summed E-state index contributed by atoms with van der Waals surface area (Å²) in [7, 11) is -3.75. The number of aliphatic hydroxyl groups is 1. The molecule has 1 heterocycles. The minimum Gasteiger partial charge on any atom is -0.380 e. The number of nitrogens with zero attached hydrogens (tertiary/aromatic N) is 1. The lowest BCUT2D eigenvalue weighted by atomic mass is 9.72. The van der Waals surface area contributed by atoms with Crippen molar-refractivity contribution in [3.8, 4) is 0 Å². The molecular weight excluding hydrogens is 453 g/mol. The summed E-state index contributed by atoms with van der Waals surface area (Å²) < 4.78 is 27.7. The summed E-state index contributed by atoms with van der Waals surface area (Å²) in [6.45, 7) is 0.599. The largest absolute Gasteiger partial charge is 0.380 e. The minimum absolute atomic E-state index is 0.0541. The van der Waals surface area contributed by atoms with E-state index in [1.807, 2.05) is 60.7 Å². The lowest BCUT2D eigenvalue weighted by molar-refractivity contribution is -0.00530. The van der Waals surface area contributed by atoms with E-state index in [4.69, 9.17) is 23.2 Å². The van der Waals surface area contributed by atoms with Crippen molar-refractivity contribution in [3.63, 3.8) is 0 Å². The van der Waals surface area contributed by atoms with Gasteiger partial charge in [-0.05, 0) is 48.1 Å². The topological polar surface area (TPSA) is 57.6 Å². The van der Waals surface area contributed by atoms with Crippen LogP contribution in [0.15, 0.2) is 83.8 Å². The highest BCUT2D eigenvalue weighted by Gasteiger charge is 2.43. The predicted octanol–water partition coefficient (Wildman–Crippen LogP) is 5.33. The highest BCUT2D eigenvalue weighted by atomic mass is 35.5. The van der Waals surface area contributed by atoms with Gasteiger partial charge in [-0.25, -0.2) is 8.42 Å². The summed E-state index contributed by atoms with van der Waals surface area (Å²) in [4.78, 5) is 0.0541. The van der Waals surface area contributed by atoms with Gasteiger partial charge in [0.05, 0.1) is 5.02 Å². The summed E-state index contributed by atoms with van der Waals surface area (Å²) in [6, 6.07) is 23.5. The monoisotopic (exact) mass is 475 g/mol. The lowest BCUT2D eigenvalue weighted by Crippen LogP contribution is -2.46. The van der Waals surface area contributed by atoms with Crippen molar-refractivity contribution in [1.82, 2.24) is 4.31 Å². The molecule has 0 radical (unpaired) electrons. The number of hydrogen-bond donors (Lipinski definition) is 1. The van der Waals surface area contributed by atoms with Crippen LogP contribution in [0.5, 0.6) is 0 Å². The lowest BCUT2D eigenvalue weighted by Gasteiger charge is -2.42. The first-order valence-electron chi connectivity index (χ1n) is 10.1. The zero-order chi connectivity index (χ0) is 22.1. The summed E-state index contributed by atoms with van der Waals surface area (Å²) >= 11 is 12.1. The first kappa shape index (κ1) is 22.3. The van der Waals surface area contributed by atoms with Gasteiger partial charge in [0, 0.05) is 18.1 Å². The molecule has 1 aliphatic heterocycles. The second kappa shape index (κ2) is 8.93. The van der Waals surface area contributed by atoms with Crippen LogP contribution in [0.3, 0.4) is 0 Å². The Bertz CT molecular complexity index is 1110. The molecule has 0 bridgehead atoms. The van der Waals surface area contributed by atoms with Gasteiger partial charge in [0.15, 0.2) is 0 Å². The van der Waals surface area contributed by atoms with Gasteiger partial charge in [0.25, 0.3) is 0 Å². The van der Waals surface area contributed by atoms with Crippen LogP contribution < -0.4 is 0 Å². The van der Waals surface area contributed by atoms with E-state index < -0.39 is 15.6 Å². The molecular formula is C24H23Cl2NO3S. The fraction of sp³-hybridized carbons (Fsp3) is 0.250. The molecule has 0 aliphatic carbocycles. The molecule has 0 atom stereocenters. The van der Waals surface area contributed by atoms with Crippen LogP contribution in [0, 0.1) is 5.92 Å². The highest BCUT2D eigenvalue weighted by molar-refractivity contribution is 7.89. The van der Waals surface area contributed by atoms with Gasteiger partial charge in [-0.1, -0.05) is 83.9 Å². The molecule has 1 fully saturated rings. The molecule has 31 heavy (non-hydrogen) atoms. The smallest absolute Gasteiger partial charge is 0.244 e. The minimum atomic E-state index is -3.75. The third kappa shape index (κ3) is 4.26. The molecule has 4 nitrogen and oxygen atoms in total. The maximum absolute atomic E-state index is 13.2. The van der Waals surface area contributed by atoms with Gasteiger partial charge in [0.2, 0.25) is 10.0 Å². The molecule has 4 rings (SSSR count). The molecule has 1 aliphatic rings. The van der Waals surface area contributed by atoms with Crippen molar-refractivity contribution in [2.75, 3.05) is 13.1 Å². The van der Waals surface area contributed by atoms with Crippen molar-refractivity contribution in [1.29, 1.82) is 0 Å². The fourth-order valence-electron chi connectivity index (χ4n) is 4.36. The molecule has 7 heteroatoms. The second-order valence-corrected chi connectivity index (χ2v) is 10.5. The van der Waals surface area contributed by atoms with Gasteiger partial charge in [-0.15, -0.1) is 0 Å². The number of hydrogen-bond acceptors (Lipinski definition) is 3. The van der Waals surface area contributed by atoms with Crippen molar-refractivity contribution < 1.29 is 13.5 Å². The Kier molecular flexibility index (Phi) is 6.42. The number of sulfonamides is 1. The number of halogens is 2. The average molecular weight is 476 g/mol. The summed E-state index contributed by atoms with van der Waals surface area (Å²) in [5.74, 6) is -0.135. The molecule has 3 aromatic rings. The normalized spacial score (nSPS) is 16.4. The van der Waals surface area contributed by atoms with Crippen molar-refractivity contribution in [2.45, 2.75) is 23.3 Å². The Balaban J connectivity index is 1.62. The van der Waals surface area contributed by atoms with Crippen molar-refractivity contribution in [2.24, 2.45) is 5.92 Å². The number of benzene rings is 3. The second-order valence-electron chi connectivity index (χ2n) is 7.75. The first-order chi connectivity index (χ1) is 14.8. The van der Waals surface area contributed by atoms with Crippen LogP contribution in [0.4, 0.5) is 0 Å². The third-order valence-electron chi connectivity index (χ3n) is 5.98. The van der Waals surface area contributed by atoms with Gasteiger partial charge in [-0.3, -0.25) is 0 Å². The Morgan fingerprint density at radius 2 is 1.35 bits per heavy atom. The zero-order valence-corrected chi connectivity index (χ0v) is 19.1. The number of rotatable bonds is 5. The first-order valence-corrected chi connectivity index (χ1v) is 12.3. The van der Waals surface area contributed by atoms with Crippen LogP contribution in [-0.4, -0.2) is 30.9 Å². The van der Waals surface area contributed by atoms with Crippen LogP contribution in [0.2, 0.25) is 10.0 Å². The highest BCUT2D eigenvalue weighted by Crippen LogP contribution is 2.42. The van der Waals surface area contributed by atoms with Crippen molar-refractivity contribution in [3.05, 3.63) is 100 Å².